The van der Waals surface area contributed by atoms with E-state index in [1.165, 1.54) is 20.0 Å². The number of imidazole rings is 2. The Hall–Kier alpha value is -4.47. The summed E-state index contributed by atoms with van der Waals surface area (Å²) in [6.07, 6.45) is 2.91. The van der Waals surface area contributed by atoms with Crippen LogP contribution in [-0.4, -0.2) is 19.1 Å². The Bertz CT molecular complexity index is 1150. The molecule has 3 aromatic heterocycles. The molecule has 116 valence electrons. The summed E-state index contributed by atoms with van der Waals surface area (Å²) in [5, 5.41) is 36.8. The molecule has 0 amide bonds. The van der Waals surface area contributed by atoms with Crippen LogP contribution in [0.1, 0.15) is 22.8 Å². The zero-order valence-corrected chi connectivity index (χ0v) is 12.9. The van der Waals surface area contributed by atoms with E-state index in [1.54, 1.807) is 31.6 Å². The van der Waals surface area contributed by atoms with Gasteiger partial charge in [0.1, 0.15) is 36.4 Å². The third-order valence-corrected chi connectivity index (χ3v) is 3.51. The highest BCUT2D eigenvalue weighted by atomic mass is 15.2. The van der Waals surface area contributed by atoms with E-state index in [0.29, 0.717) is 11.6 Å². The van der Waals surface area contributed by atoms with Gasteiger partial charge >= 0.3 is 0 Å². The van der Waals surface area contributed by atoms with Gasteiger partial charge in [-0.15, -0.1) is 0 Å². The Balaban J connectivity index is 2.19. The second-order valence-corrected chi connectivity index (χ2v) is 4.91. The predicted molar refractivity (Wildman–Crippen MR) is 80.7 cm³/mol. The molecule has 9 nitrogen and oxygen atoms in total. The molecule has 0 fully saturated rings. The lowest BCUT2D eigenvalue weighted by Crippen LogP contribution is -2.29. The maximum atomic E-state index is 9.35. The monoisotopic (exact) mass is 326 g/mol. The highest BCUT2D eigenvalue weighted by Crippen LogP contribution is 2.16. The minimum Gasteiger partial charge on any atom is -0.273 e. The van der Waals surface area contributed by atoms with Crippen LogP contribution in [0.4, 0.5) is 0 Å². The van der Waals surface area contributed by atoms with Crippen LogP contribution in [0.2, 0.25) is 0 Å². The van der Waals surface area contributed by atoms with Crippen molar-refractivity contribution in [2.75, 3.05) is 0 Å². The first-order chi connectivity index (χ1) is 12.1. The Morgan fingerprint density at radius 3 is 2.20 bits per heavy atom. The van der Waals surface area contributed by atoms with Crippen LogP contribution in [0.15, 0.2) is 30.9 Å². The number of nitrogens with zero attached hydrogens (tertiary/aromatic N) is 9. The molecule has 0 bridgehead atoms. The SMILES string of the molecule is C[n+]1cn(-c2cccc(-n3cnc(C#N)c3C#N)n2)c(C#N)c1C#N. The van der Waals surface area contributed by atoms with E-state index in [4.69, 9.17) is 5.26 Å². The third-order valence-electron chi connectivity index (χ3n) is 3.51. The minimum atomic E-state index is 0.00606. The van der Waals surface area contributed by atoms with Crippen LogP contribution in [-0.2, 0) is 7.05 Å². The number of hydrogen-bond acceptors (Lipinski definition) is 6. The second kappa shape index (κ2) is 5.96. The van der Waals surface area contributed by atoms with Gasteiger partial charge in [0.05, 0.1) is 7.05 Å². The van der Waals surface area contributed by atoms with Crippen molar-refractivity contribution in [1.29, 1.82) is 21.0 Å². The fourth-order valence-corrected chi connectivity index (χ4v) is 2.37. The summed E-state index contributed by atoms with van der Waals surface area (Å²) in [7, 11) is 1.66. The van der Waals surface area contributed by atoms with Crippen LogP contribution < -0.4 is 4.57 Å². The molecular formula is C16H8N9+. The quantitative estimate of drug-likeness (QED) is 0.624. The third kappa shape index (κ3) is 2.35. The first kappa shape index (κ1) is 15.4. The van der Waals surface area contributed by atoms with Crippen molar-refractivity contribution >= 4 is 0 Å². The number of rotatable bonds is 2. The molecule has 0 saturated carbocycles. The van der Waals surface area contributed by atoms with Crippen molar-refractivity contribution in [3.8, 4) is 35.9 Å². The zero-order valence-electron chi connectivity index (χ0n) is 12.9. The molecule has 0 aromatic carbocycles. The van der Waals surface area contributed by atoms with Crippen LogP contribution >= 0.6 is 0 Å². The van der Waals surface area contributed by atoms with Gasteiger partial charge in [0.25, 0.3) is 17.7 Å². The fraction of sp³-hybridized carbons (Fsp3) is 0.0625. The highest BCUT2D eigenvalue weighted by Gasteiger charge is 2.24. The van der Waals surface area contributed by atoms with Crippen LogP contribution in [0, 0.1) is 45.3 Å². The minimum absolute atomic E-state index is 0.00606. The van der Waals surface area contributed by atoms with Gasteiger partial charge in [0.15, 0.2) is 11.4 Å². The zero-order chi connectivity index (χ0) is 18.0. The topological polar surface area (TPSA) is 135 Å². The average molecular weight is 326 g/mol. The maximum Gasteiger partial charge on any atom is 0.269 e. The first-order valence-electron chi connectivity index (χ1n) is 6.91. The Morgan fingerprint density at radius 2 is 1.60 bits per heavy atom. The van der Waals surface area contributed by atoms with E-state index in [-0.39, 0.29) is 22.8 Å². The molecule has 3 heterocycles. The summed E-state index contributed by atoms with van der Waals surface area (Å²) in [5.41, 5.74) is 0.440. The van der Waals surface area contributed by atoms with Crippen molar-refractivity contribution in [3.63, 3.8) is 0 Å². The lowest BCUT2D eigenvalue weighted by atomic mass is 10.3. The molecule has 0 unspecified atom stereocenters. The summed E-state index contributed by atoms with van der Waals surface area (Å²) < 4.78 is 4.40. The molecule has 0 saturated heterocycles. The van der Waals surface area contributed by atoms with Crippen LogP contribution in [0.25, 0.3) is 11.6 Å². The van der Waals surface area contributed by atoms with Gasteiger partial charge in [-0.25, -0.2) is 9.55 Å². The van der Waals surface area contributed by atoms with E-state index in [2.05, 4.69) is 9.97 Å². The number of aromatic nitrogens is 5. The lowest BCUT2D eigenvalue weighted by molar-refractivity contribution is -0.673. The molecular weight excluding hydrogens is 318 g/mol. The predicted octanol–water partition coefficient (Wildman–Crippen LogP) is 0.369. The van der Waals surface area contributed by atoms with Gasteiger partial charge in [-0.2, -0.15) is 30.6 Å². The first-order valence-corrected chi connectivity index (χ1v) is 6.91. The molecule has 3 rings (SSSR count). The van der Waals surface area contributed by atoms with Gasteiger partial charge < -0.3 is 0 Å². The molecule has 0 aliphatic rings. The Morgan fingerprint density at radius 1 is 0.920 bits per heavy atom. The Kier molecular flexibility index (Phi) is 3.68. The van der Waals surface area contributed by atoms with E-state index in [9.17, 15) is 15.8 Å². The molecule has 0 N–H and O–H groups in total. The maximum absolute atomic E-state index is 9.35. The molecule has 0 spiro atoms. The van der Waals surface area contributed by atoms with Crippen molar-refractivity contribution in [2.45, 2.75) is 0 Å². The summed E-state index contributed by atoms with van der Waals surface area (Å²) in [6.45, 7) is 0. The largest absolute Gasteiger partial charge is 0.273 e. The van der Waals surface area contributed by atoms with Crippen molar-refractivity contribution in [1.82, 2.24) is 19.1 Å². The van der Waals surface area contributed by atoms with Gasteiger partial charge in [0, 0.05) is 6.07 Å². The van der Waals surface area contributed by atoms with E-state index < -0.39 is 0 Å². The van der Waals surface area contributed by atoms with Gasteiger partial charge in [-0.1, -0.05) is 6.07 Å². The van der Waals surface area contributed by atoms with E-state index in [0.717, 1.165) is 0 Å². The van der Waals surface area contributed by atoms with Crippen LogP contribution in [0.5, 0.6) is 0 Å². The smallest absolute Gasteiger partial charge is 0.269 e. The van der Waals surface area contributed by atoms with Crippen molar-refractivity contribution in [2.24, 2.45) is 7.05 Å². The number of pyridine rings is 1. The number of aryl methyl sites for hydroxylation is 1. The lowest BCUT2D eigenvalue weighted by Gasteiger charge is -2.03. The number of nitriles is 4. The molecule has 9 heteroatoms. The summed E-state index contributed by atoms with van der Waals surface area (Å²) in [4.78, 5) is 8.30. The second-order valence-electron chi connectivity index (χ2n) is 4.91. The van der Waals surface area contributed by atoms with Gasteiger partial charge in [0.2, 0.25) is 5.82 Å². The molecule has 0 aliphatic carbocycles. The van der Waals surface area contributed by atoms with E-state index in [1.807, 2.05) is 24.3 Å². The van der Waals surface area contributed by atoms with E-state index >= 15 is 0 Å². The average Bonchev–Trinajstić information content (AvgIpc) is 3.21. The molecule has 3 aromatic rings. The van der Waals surface area contributed by atoms with Crippen LogP contribution in [0.3, 0.4) is 0 Å². The summed E-state index contributed by atoms with van der Waals surface area (Å²) in [5.74, 6) is 0.754. The summed E-state index contributed by atoms with van der Waals surface area (Å²) >= 11 is 0. The van der Waals surface area contributed by atoms with Gasteiger partial charge in [-0.3, -0.25) is 4.57 Å². The van der Waals surface area contributed by atoms with Gasteiger partial charge in [-0.05, 0) is 6.07 Å². The number of hydrogen-bond donors (Lipinski definition) is 0. The van der Waals surface area contributed by atoms with Crippen molar-refractivity contribution < 1.29 is 4.57 Å². The standard InChI is InChI=1S/C16H8N9/c1-23-10-25(14(8-20)13(23)7-19)16-4-2-3-15(22-16)24-9-21-11(5-17)12(24)6-18/h2-4,9-10H,1H3/q+1. The molecule has 0 aliphatic heterocycles. The molecule has 0 radical (unpaired) electrons. The highest BCUT2D eigenvalue weighted by molar-refractivity contribution is 5.44. The molecule has 25 heavy (non-hydrogen) atoms. The Labute approximate surface area is 142 Å². The normalized spacial score (nSPS) is 9.64. The summed E-state index contributed by atoms with van der Waals surface area (Å²) in [6, 6.07) is 12.8. The fourth-order valence-electron chi connectivity index (χ4n) is 2.37. The van der Waals surface area contributed by atoms with Crippen molar-refractivity contribution in [3.05, 3.63) is 53.6 Å². The molecule has 0 atom stereocenters.